The van der Waals surface area contributed by atoms with Gasteiger partial charge in [-0.15, -0.1) is 11.3 Å². The van der Waals surface area contributed by atoms with Gasteiger partial charge in [-0.05, 0) is 57.8 Å². The van der Waals surface area contributed by atoms with Gasteiger partial charge in [0, 0.05) is 30.2 Å². The largest absolute Gasteiger partial charge is 0.135 e. The summed E-state index contributed by atoms with van der Waals surface area (Å²) in [5.74, 6) is 0. The Morgan fingerprint density at radius 1 is 0.567 bits per heavy atom. The highest BCUT2D eigenvalue weighted by molar-refractivity contribution is 9.10. The van der Waals surface area contributed by atoms with Crippen molar-refractivity contribution in [1.29, 1.82) is 0 Å². The molecule has 1 heterocycles. The van der Waals surface area contributed by atoms with Crippen molar-refractivity contribution in [2.75, 3.05) is 0 Å². The number of hydrogen-bond acceptors (Lipinski definition) is 1. The molecule has 0 atom stereocenters. The maximum atomic E-state index is 3.76. The minimum atomic E-state index is 1.10. The number of thiophene rings is 1. The molecule has 0 amide bonds. The number of fused-ring (bicyclic) bond motifs is 5. The van der Waals surface area contributed by atoms with Crippen LogP contribution in [0.1, 0.15) is 0 Å². The zero-order valence-corrected chi connectivity index (χ0v) is 18.5. The van der Waals surface area contributed by atoms with Crippen LogP contribution in [0, 0.1) is 0 Å². The third-order valence-corrected chi connectivity index (χ3v) is 7.35. The van der Waals surface area contributed by atoms with Gasteiger partial charge in [0.2, 0.25) is 0 Å². The molecule has 0 aliphatic rings. The quantitative estimate of drug-likeness (QED) is 0.239. The Bertz CT molecular complexity index is 1540. The zero-order valence-electron chi connectivity index (χ0n) is 16.1. The molecule has 0 aliphatic carbocycles. The minimum Gasteiger partial charge on any atom is -0.135 e. The van der Waals surface area contributed by atoms with Crippen LogP contribution in [0.15, 0.2) is 108 Å². The van der Waals surface area contributed by atoms with Crippen LogP contribution in [0.4, 0.5) is 0 Å². The highest BCUT2D eigenvalue weighted by atomic mass is 79.9. The third kappa shape index (κ3) is 2.87. The fraction of sp³-hybridized carbons (Fsp3) is 0. The number of hydrogen-bond donors (Lipinski definition) is 0. The summed E-state index contributed by atoms with van der Waals surface area (Å²) in [4.78, 5) is 0. The summed E-state index contributed by atoms with van der Waals surface area (Å²) in [5.41, 5.74) is 4.99. The second kappa shape index (κ2) is 7.09. The first-order valence-electron chi connectivity index (χ1n) is 9.97. The van der Waals surface area contributed by atoms with Crippen LogP contribution in [0.5, 0.6) is 0 Å². The average molecular weight is 465 g/mol. The van der Waals surface area contributed by atoms with Gasteiger partial charge >= 0.3 is 0 Å². The molecule has 0 radical (unpaired) electrons. The molecular formula is C28H17BrS. The molecular weight excluding hydrogens is 448 g/mol. The van der Waals surface area contributed by atoms with E-state index in [1.807, 2.05) is 11.3 Å². The molecule has 6 rings (SSSR count). The molecule has 0 saturated heterocycles. The fourth-order valence-corrected chi connectivity index (χ4v) is 6.08. The molecule has 0 fully saturated rings. The lowest BCUT2D eigenvalue weighted by atomic mass is 9.94. The number of benzene rings is 5. The van der Waals surface area contributed by atoms with Crippen LogP contribution in [0.3, 0.4) is 0 Å². The third-order valence-electron chi connectivity index (χ3n) is 5.69. The molecule has 0 aliphatic heterocycles. The van der Waals surface area contributed by atoms with E-state index < -0.39 is 0 Å². The van der Waals surface area contributed by atoms with E-state index in [2.05, 4.69) is 119 Å². The first-order valence-corrected chi connectivity index (χ1v) is 11.6. The fourth-order valence-electron chi connectivity index (χ4n) is 4.33. The van der Waals surface area contributed by atoms with Crippen molar-refractivity contribution in [2.45, 2.75) is 0 Å². The Kier molecular flexibility index (Phi) is 4.22. The maximum absolute atomic E-state index is 3.76. The van der Waals surface area contributed by atoms with E-state index in [1.165, 1.54) is 53.2 Å². The summed E-state index contributed by atoms with van der Waals surface area (Å²) in [6.45, 7) is 0. The van der Waals surface area contributed by atoms with Crippen molar-refractivity contribution in [3.63, 3.8) is 0 Å². The van der Waals surface area contributed by atoms with Crippen molar-refractivity contribution >= 4 is 58.2 Å². The molecule has 0 nitrogen and oxygen atoms in total. The molecule has 5 aromatic carbocycles. The molecule has 142 valence electrons. The molecule has 0 spiro atoms. The molecule has 0 bridgehead atoms. The van der Waals surface area contributed by atoms with E-state index in [9.17, 15) is 0 Å². The van der Waals surface area contributed by atoms with Gasteiger partial charge in [0.05, 0.1) is 0 Å². The lowest BCUT2D eigenvalue weighted by molar-refractivity contribution is 1.58. The summed E-state index contributed by atoms with van der Waals surface area (Å²) in [6, 6.07) is 37.2. The lowest BCUT2D eigenvalue weighted by Crippen LogP contribution is -1.85. The van der Waals surface area contributed by atoms with Crippen molar-refractivity contribution in [1.82, 2.24) is 0 Å². The van der Waals surface area contributed by atoms with E-state index in [0.717, 1.165) is 4.47 Å². The highest BCUT2D eigenvalue weighted by Crippen LogP contribution is 2.45. The molecule has 1 aromatic heterocycles. The van der Waals surface area contributed by atoms with E-state index >= 15 is 0 Å². The van der Waals surface area contributed by atoms with Crippen LogP contribution in [-0.2, 0) is 0 Å². The topological polar surface area (TPSA) is 0 Å². The Morgan fingerprint density at radius 3 is 2.13 bits per heavy atom. The van der Waals surface area contributed by atoms with Gasteiger partial charge in [-0.2, -0.15) is 0 Å². The lowest BCUT2D eigenvalue weighted by Gasteiger charge is -2.11. The summed E-state index contributed by atoms with van der Waals surface area (Å²) in [7, 11) is 0. The van der Waals surface area contributed by atoms with E-state index in [1.54, 1.807) is 0 Å². The van der Waals surface area contributed by atoms with Crippen LogP contribution in [-0.4, -0.2) is 0 Å². The van der Waals surface area contributed by atoms with Gasteiger partial charge in [0.1, 0.15) is 0 Å². The zero-order chi connectivity index (χ0) is 20.1. The van der Waals surface area contributed by atoms with Crippen molar-refractivity contribution in [3.8, 4) is 22.3 Å². The van der Waals surface area contributed by atoms with Crippen molar-refractivity contribution < 1.29 is 0 Å². The Morgan fingerprint density at radius 2 is 1.27 bits per heavy atom. The van der Waals surface area contributed by atoms with E-state index in [-0.39, 0.29) is 0 Å². The van der Waals surface area contributed by atoms with E-state index in [4.69, 9.17) is 0 Å². The standard InChI is InChI=1S/C28H17BrS/c29-22-15-20(18-8-2-1-3-9-18)14-21(16-22)25-17-19-10-4-5-11-23(19)27-24-12-6-7-13-26(24)30-28(25)27/h1-17H. The Balaban J connectivity index is 1.72. The second-order valence-corrected chi connectivity index (χ2v) is 9.51. The van der Waals surface area contributed by atoms with Gasteiger partial charge in [-0.3, -0.25) is 0 Å². The molecule has 0 saturated carbocycles. The van der Waals surface area contributed by atoms with Gasteiger partial charge in [-0.25, -0.2) is 0 Å². The number of rotatable bonds is 2. The van der Waals surface area contributed by atoms with Gasteiger partial charge in [-0.1, -0.05) is 88.7 Å². The Labute approximate surface area is 187 Å². The predicted molar refractivity (Wildman–Crippen MR) is 135 cm³/mol. The van der Waals surface area contributed by atoms with Crippen LogP contribution in [0.2, 0.25) is 0 Å². The number of halogens is 1. The first-order chi connectivity index (χ1) is 14.8. The first kappa shape index (κ1) is 17.9. The van der Waals surface area contributed by atoms with Gasteiger partial charge < -0.3 is 0 Å². The smallest absolute Gasteiger partial charge is 0.0440 e. The molecule has 6 aromatic rings. The second-order valence-electron chi connectivity index (χ2n) is 7.54. The molecule has 0 N–H and O–H groups in total. The van der Waals surface area contributed by atoms with Crippen LogP contribution in [0.25, 0.3) is 53.2 Å². The summed E-state index contributed by atoms with van der Waals surface area (Å²) < 4.78 is 3.79. The normalized spacial score (nSPS) is 11.5. The molecule has 2 heteroatoms. The highest BCUT2D eigenvalue weighted by Gasteiger charge is 2.15. The van der Waals surface area contributed by atoms with Crippen molar-refractivity contribution in [2.24, 2.45) is 0 Å². The molecule has 0 unspecified atom stereocenters. The summed E-state index contributed by atoms with van der Waals surface area (Å²) in [5, 5.41) is 5.32. The Hall–Kier alpha value is -2.94. The van der Waals surface area contributed by atoms with Gasteiger partial charge in [0.15, 0.2) is 0 Å². The van der Waals surface area contributed by atoms with Crippen molar-refractivity contribution in [3.05, 3.63) is 108 Å². The minimum absolute atomic E-state index is 1.10. The maximum Gasteiger partial charge on any atom is 0.0440 e. The van der Waals surface area contributed by atoms with E-state index in [0.29, 0.717) is 0 Å². The SMILES string of the molecule is Brc1cc(-c2ccccc2)cc(-c2cc3ccccc3c3c2sc2ccccc23)c1. The monoisotopic (exact) mass is 464 g/mol. The summed E-state index contributed by atoms with van der Waals surface area (Å²) >= 11 is 5.65. The van der Waals surface area contributed by atoms with Crippen LogP contribution >= 0.6 is 27.3 Å². The predicted octanol–water partition coefficient (Wildman–Crippen LogP) is 9.30. The van der Waals surface area contributed by atoms with Crippen LogP contribution < -0.4 is 0 Å². The average Bonchev–Trinajstić information content (AvgIpc) is 3.18. The van der Waals surface area contributed by atoms with Gasteiger partial charge in [0.25, 0.3) is 0 Å². The summed E-state index contributed by atoms with van der Waals surface area (Å²) in [6.07, 6.45) is 0. The molecule has 30 heavy (non-hydrogen) atoms.